The topological polar surface area (TPSA) is 101 Å². The fourth-order valence-corrected chi connectivity index (χ4v) is 1.81. The molecule has 2 N–H and O–H groups in total. The average Bonchev–Trinajstić information content (AvgIpc) is 3.21. The van der Waals surface area contributed by atoms with Crippen LogP contribution in [0.15, 0.2) is 43.4 Å². The van der Waals surface area contributed by atoms with Crippen molar-refractivity contribution in [2.45, 2.75) is 6.42 Å². The van der Waals surface area contributed by atoms with E-state index >= 15 is 0 Å². The van der Waals surface area contributed by atoms with Gasteiger partial charge >= 0.3 is 0 Å². The molecule has 0 aliphatic heterocycles. The highest BCUT2D eigenvalue weighted by atomic mass is 16.1. The normalized spacial score (nSPS) is 10.5. The summed E-state index contributed by atoms with van der Waals surface area (Å²) in [6.07, 6.45) is 8.58. The van der Waals surface area contributed by atoms with Gasteiger partial charge in [-0.15, -0.1) is 0 Å². The minimum absolute atomic E-state index is 0.167. The zero-order chi connectivity index (χ0) is 14.5. The highest BCUT2D eigenvalue weighted by Crippen LogP contribution is 2.03. The lowest BCUT2D eigenvalue weighted by Gasteiger charge is -2.05. The van der Waals surface area contributed by atoms with Gasteiger partial charge in [0.1, 0.15) is 18.5 Å². The third-order valence-electron chi connectivity index (χ3n) is 2.87. The summed E-state index contributed by atoms with van der Waals surface area (Å²) in [6.45, 7) is 0.511. The van der Waals surface area contributed by atoms with E-state index in [9.17, 15) is 4.79 Å². The molecule has 0 aliphatic carbocycles. The van der Waals surface area contributed by atoms with Crippen LogP contribution >= 0.6 is 0 Å². The first-order valence-electron chi connectivity index (χ1n) is 6.40. The van der Waals surface area contributed by atoms with E-state index in [4.69, 9.17) is 0 Å². The van der Waals surface area contributed by atoms with Crippen molar-refractivity contribution < 1.29 is 4.79 Å². The molecule has 0 aromatic carbocycles. The minimum atomic E-state index is -0.167. The summed E-state index contributed by atoms with van der Waals surface area (Å²) in [7, 11) is 0. The standard InChI is InChI=1S/C13H13N7O/c21-13(17-4-3-11-15-5-6-16-11)10-1-2-12(18-7-10)20-9-14-8-19-20/h1-2,5-9H,3-4H2,(H,15,16)(H,17,21). The van der Waals surface area contributed by atoms with E-state index in [-0.39, 0.29) is 5.91 Å². The predicted molar refractivity (Wildman–Crippen MR) is 73.8 cm³/mol. The molecule has 0 fully saturated rings. The Kier molecular flexibility index (Phi) is 3.68. The summed E-state index contributed by atoms with van der Waals surface area (Å²) in [4.78, 5) is 27.1. The van der Waals surface area contributed by atoms with Gasteiger partial charge in [0.2, 0.25) is 0 Å². The Balaban J connectivity index is 1.57. The molecule has 0 radical (unpaired) electrons. The van der Waals surface area contributed by atoms with Gasteiger partial charge in [-0.25, -0.2) is 19.6 Å². The van der Waals surface area contributed by atoms with Crippen LogP contribution in [0, 0.1) is 0 Å². The van der Waals surface area contributed by atoms with Crippen LogP contribution < -0.4 is 5.32 Å². The van der Waals surface area contributed by atoms with Crippen LogP contribution in [-0.2, 0) is 6.42 Å². The first kappa shape index (κ1) is 13.0. The highest BCUT2D eigenvalue weighted by Gasteiger charge is 2.07. The molecule has 21 heavy (non-hydrogen) atoms. The lowest BCUT2D eigenvalue weighted by Crippen LogP contribution is -2.26. The second-order valence-corrected chi connectivity index (χ2v) is 4.29. The number of imidazole rings is 1. The monoisotopic (exact) mass is 283 g/mol. The number of H-pyrrole nitrogens is 1. The lowest BCUT2D eigenvalue weighted by atomic mass is 10.2. The van der Waals surface area contributed by atoms with Gasteiger partial charge in [0.25, 0.3) is 5.91 Å². The Morgan fingerprint density at radius 1 is 1.33 bits per heavy atom. The fourth-order valence-electron chi connectivity index (χ4n) is 1.81. The number of aromatic amines is 1. The molecule has 3 aromatic heterocycles. The molecule has 8 nitrogen and oxygen atoms in total. The number of nitrogens with one attached hydrogen (secondary N) is 2. The van der Waals surface area contributed by atoms with Gasteiger partial charge in [0.15, 0.2) is 5.82 Å². The molecule has 3 heterocycles. The number of hydrogen-bond donors (Lipinski definition) is 2. The van der Waals surface area contributed by atoms with Crippen LogP contribution in [0.1, 0.15) is 16.2 Å². The van der Waals surface area contributed by atoms with Gasteiger partial charge in [-0.2, -0.15) is 5.10 Å². The zero-order valence-electron chi connectivity index (χ0n) is 11.1. The Morgan fingerprint density at radius 3 is 2.95 bits per heavy atom. The van der Waals surface area contributed by atoms with Gasteiger partial charge in [-0.1, -0.05) is 0 Å². The van der Waals surface area contributed by atoms with Gasteiger partial charge < -0.3 is 10.3 Å². The molecule has 0 bridgehead atoms. The molecule has 0 saturated heterocycles. The Labute approximate surface area is 120 Å². The maximum absolute atomic E-state index is 12.0. The van der Waals surface area contributed by atoms with Crippen molar-refractivity contribution in [2.75, 3.05) is 6.54 Å². The van der Waals surface area contributed by atoms with E-state index in [1.54, 1.807) is 30.9 Å². The molecule has 0 saturated carbocycles. The van der Waals surface area contributed by atoms with Crippen molar-refractivity contribution in [3.63, 3.8) is 0 Å². The van der Waals surface area contributed by atoms with E-state index in [1.165, 1.54) is 17.2 Å². The molecule has 0 unspecified atom stereocenters. The lowest BCUT2D eigenvalue weighted by molar-refractivity contribution is 0.0953. The van der Waals surface area contributed by atoms with Gasteiger partial charge in [-0.3, -0.25) is 4.79 Å². The van der Waals surface area contributed by atoms with Crippen LogP contribution in [0.4, 0.5) is 0 Å². The first-order chi connectivity index (χ1) is 10.3. The van der Waals surface area contributed by atoms with Crippen LogP contribution in [-0.4, -0.2) is 42.2 Å². The summed E-state index contributed by atoms with van der Waals surface area (Å²) in [5, 5.41) is 6.79. The Morgan fingerprint density at radius 2 is 2.29 bits per heavy atom. The van der Waals surface area contributed by atoms with Crippen LogP contribution in [0.3, 0.4) is 0 Å². The molecule has 8 heteroatoms. The number of carbonyl (C=O) groups excluding carboxylic acids is 1. The zero-order valence-corrected chi connectivity index (χ0v) is 11.1. The Bertz CT molecular complexity index is 689. The van der Waals surface area contributed by atoms with Crippen molar-refractivity contribution in [2.24, 2.45) is 0 Å². The van der Waals surface area contributed by atoms with E-state index < -0.39 is 0 Å². The van der Waals surface area contributed by atoms with Crippen molar-refractivity contribution in [3.8, 4) is 5.82 Å². The molecule has 1 amide bonds. The maximum Gasteiger partial charge on any atom is 0.252 e. The SMILES string of the molecule is O=C(NCCc1ncc[nH]1)c1ccc(-n2cncn2)nc1. The number of aromatic nitrogens is 6. The molecular formula is C13H13N7O. The number of amides is 1. The number of hydrogen-bond acceptors (Lipinski definition) is 5. The number of rotatable bonds is 5. The number of nitrogens with zero attached hydrogens (tertiary/aromatic N) is 5. The fraction of sp³-hybridized carbons (Fsp3) is 0.154. The van der Waals surface area contributed by atoms with E-state index in [2.05, 4.69) is 30.4 Å². The quantitative estimate of drug-likeness (QED) is 0.704. The highest BCUT2D eigenvalue weighted by molar-refractivity contribution is 5.93. The van der Waals surface area contributed by atoms with E-state index in [1.807, 2.05) is 0 Å². The second-order valence-electron chi connectivity index (χ2n) is 4.29. The Hall–Kier alpha value is -3.03. The molecule has 106 valence electrons. The predicted octanol–water partition coefficient (Wildman–Crippen LogP) is 0.358. The molecule has 0 atom stereocenters. The van der Waals surface area contributed by atoms with Crippen LogP contribution in [0.5, 0.6) is 0 Å². The molecule has 0 aliphatic rings. The van der Waals surface area contributed by atoms with E-state index in [0.717, 1.165) is 5.82 Å². The summed E-state index contributed by atoms with van der Waals surface area (Å²) in [6, 6.07) is 3.42. The molecule has 3 rings (SSSR count). The first-order valence-corrected chi connectivity index (χ1v) is 6.40. The van der Waals surface area contributed by atoms with Crippen LogP contribution in [0.25, 0.3) is 5.82 Å². The van der Waals surface area contributed by atoms with Crippen molar-refractivity contribution in [1.29, 1.82) is 0 Å². The van der Waals surface area contributed by atoms with Gasteiger partial charge in [-0.05, 0) is 12.1 Å². The summed E-state index contributed by atoms with van der Waals surface area (Å²) < 4.78 is 1.53. The smallest absolute Gasteiger partial charge is 0.252 e. The van der Waals surface area contributed by atoms with Crippen LogP contribution in [0.2, 0.25) is 0 Å². The van der Waals surface area contributed by atoms with Gasteiger partial charge in [0.05, 0.1) is 5.56 Å². The van der Waals surface area contributed by atoms with Gasteiger partial charge in [0, 0.05) is 31.6 Å². The average molecular weight is 283 g/mol. The van der Waals surface area contributed by atoms with Crippen molar-refractivity contribution in [3.05, 3.63) is 54.8 Å². The summed E-state index contributed by atoms with van der Waals surface area (Å²) in [5.74, 6) is 1.29. The van der Waals surface area contributed by atoms with Crippen molar-refractivity contribution in [1.82, 2.24) is 35.0 Å². The molecule has 0 spiro atoms. The van der Waals surface area contributed by atoms with E-state index in [0.29, 0.717) is 24.3 Å². The summed E-state index contributed by atoms with van der Waals surface area (Å²) in [5.41, 5.74) is 0.498. The minimum Gasteiger partial charge on any atom is -0.352 e. The van der Waals surface area contributed by atoms with Crippen molar-refractivity contribution >= 4 is 5.91 Å². The largest absolute Gasteiger partial charge is 0.352 e. The third-order valence-corrected chi connectivity index (χ3v) is 2.87. The maximum atomic E-state index is 12.0. The number of carbonyl (C=O) groups is 1. The second kappa shape index (κ2) is 5.95. The summed E-state index contributed by atoms with van der Waals surface area (Å²) >= 11 is 0. The third kappa shape index (κ3) is 3.11. The molecule has 3 aromatic rings. The molecular weight excluding hydrogens is 270 g/mol. The number of pyridine rings is 1.